The molecule has 26 nitrogen and oxygen atoms in total. The second-order valence-electron chi connectivity index (χ2n) is 20.3. The summed E-state index contributed by atoms with van der Waals surface area (Å²) in [6.45, 7) is 5.25. The van der Waals surface area contributed by atoms with Crippen molar-refractivity contribution < 1.29 is 58.2 Å². The van der Waals surface area contributed by atoms with Crippen LogP contribution in [0.2, 0.25) is 0 Å². The number of nitrogens with zero attached hydrogens (tertiary/aromatic N) is 1. The van der Waals surface area contributed by atoms with E-state index in [2.05, 4.69) is 70.4 Å². The highest BCUT2D eigenvalue weighted by Gasteiger charge is 2.33. The third-order valence-electron chi connectivity index (χ3n) is 13.1. The van der Waals surface area contributed by atoms with Gasteiger partial charge in [0.25, 0.3) is 0 Å². The van der Waals surface area contributed by atoms with Crippen LogP contribution in [0.3, 0.4) is 0 Å². The largest absolute Gasteiger partial charge is 0.480 e. The minimum atomic E-state index is -1.75. The molecule has 1 aliphatic rings. The molecule has 1 fully saturated rings. The van der Waals surface area contributed by atoms with Gasteiger partial charge in [-0.1, -0.05) is 77.6 Å². The van der Waals surface area contributed by atoms with Gasteiger partial charge >= 0.3 is 5.97 Å². The van der Waals surface area contributed by atoms with Crippen LogP contribution < -0.4 is 70.0 Å². The van der Waals surface area contributed by atoms with Crippen LogP contribution in [0, 0.1) is 0 Å². The van der Waals surface area contributed by atoms with Crippen molar-refractivity contribution in [3.63, 3.8) is 0 Å². The van der Waals surface area contributed by atoms with Crippen molar-refractivity contribution in [3.05, 3.63) is 0 Å². The van der Waals surface area contributed by atoms with Crippen LogP contribution in [0.25, 0.3) is 0 Å². The molecule has 0 bridgehead atoms. The molecule has 0 aromatic carbocycles. The van der Waals surface area contributed by atoms with E-state index in [1.807, 2.05) is 0 Å². The standard InChI is InChI=1S/C53H96N14O12S/c1-4-5-6-7-8-9-10-11-12-13-14-18-31-59-53(80)60-32-21-17-24-39-48(75)65-40(50(77)67-46(36(2)68)51(78)79)25-16-20-30-57-45(73)35-62-43(71)28-27-42(70)61-34-44(72)56-29-19-15-23-38(63-37(3)69)47(74)66-41(49(76)64-39)26-22-33-58-52(54)55/h36,38-41,46,68H,4-35H2,1-3H3,(H,56,72)(H,57,73)(H,61,70)(H,62,71)(H,63,69)(H,64,76)(H,65,75)(H,66,74)(H,67,77)(H,78,79)(H4,54,55,58)(H2,59,60,80)/t36-,38+,39+,40+,41+,46+/m1/s1. The van der Waals surface area contributed by atoms with Crippen LogP contribution in [-0.4, -0.2) is 163 Å². The summed E-state index contributed by atoms with van der Waals surface area (Å²) < 4.78 is 0. The van der Waals surface area contributed by atoms with Crippen LogP contribution in [0.4, 0.5) is 0 Å². The number of aliphatic hydroxyl groups excluding tert-OH is 1. The average Bonchev–Trinajstić information content (AvgIpc) is 3.40. The highest BCUT2D eigenvalue weighted by Crippen LogP contribution is 2.13. The molecule has 0 spiro atoms. The fourth-order valence-electron chi connectivity index (χ4n) is 8.48. The van der Waals surface area contributed by atoms with Gasteiger partial charge < -0.3 is 80.2 Å². The van der Waals surface area contributed by atoms with Crippen LogP contribution >= 0.6 is 12.2 Å². The molecule has 9 amide bonds. The first-order valence-corrected chi connectivity index (χ1v) is 29.2. The lowest BCUT2D eigenvalue weighted by molar-refractivity contribution is -0.145. The van der Waals surface area contributed by atoms with Crippen molar-refractivity contribution in [3.8, 4) is 0 Å². The monoisotopic (exact) mass is 1150 g/mol. The third-order valence-corrected chi connectivity index (χ3v) is 13.3. The first-order chi connectivity index (χ1) is 38.2. The number of nitrogens with one attached hydrogen (secondary N) is 11. The van der Waals surface area contributed by atoms with Gasteiger partial charge in [0, 0.05) is 52.5 Å². The molecule has 0 aromatic rings. The van der Waals surface area contributed by atoms with Gasteiger partial charge in [-0.15, -0.1) is 0 Å². The maximum Gasteiger partial charge on any atom is 0.328 e. The lowest BCUT2D eigenvalue weighted by atomic mass is 10.0. The molecule has 6 atom stereocenters. The molecule has 0 aliphatic carbocycles. The number of hydrogen-bond acceptors (Lipinski definition) is 13. The van der Waals surface area contributed by atoms with E-state index in [4.69, 9.17) is 23.7 Å². The van der Waals surface area contributed by atoms with Gasteiger partial charge in [-0.25, -0.2) is 4.79 Å². The van der Waals surface area contributed by atoms with Crippen molar-refractivity contribution in [2.24, 2.45) is 16.5 Å². The highest BCUT2D eigenvalue weighted by molar-refractivity contribution is 7.80. The molecule has 1 rings (SSSR count). The number of carboxylic acid groups (broad SMARTS) is 1. The summed E-state index contributed by atoms with van der Waals surface area (Å²) in [5.74, 6) is -7.81. The summed E-state index contributed by atoms with van der Waals surface area (Å²) in [5.41, 5.74) is 11.1. The molecule has 456 valence electrons. The maximum absolute atomic E-state index is 14.4. The van der Waals surface area contributed by atoms with E-state index >= 15 is 0 Å². The van der Waals surface area contributed by atoms with Crippen LogP contribution in [-0.2, 0) is 47.9 Å². The van der Waals surface area contributed by atoms with Crippen molar-refractivity contribution in [1.82, 2.24) is 58.5 Å². The Morgan fingerprint density at radius 2 is 1.11 bits per heavy atom. The Morgan fingerprint density at radius 3 is 1.61 bits per heavy atom. The van der Waals surface area contributed by atoms with Gasteiger partial charge in [-0.05, 0) is 96.2 Å². The number of carbonyl (C=O) groups excluding carboxylic acids is 9. The minimum Gasteiger partial charge on any atom is -0.480 e. The van der Waals surface area contributed by atoms with Gasteiger partial charge in [0.15, 0.2) is 17.1 Å². The number of guanidine groups is 1. The van der Waals surface area contributed by atoms with Crippen molar-refractivity contribution in [1.29, 1.82) is 0 Å². The number of carboxylic acids is 1. The second-order valence-corrected chi connectivity index (χ2v) is 20.7. The van der Waals surface area contributed by atoms with Gasteiger partial charge in [-0.3, -0.25) is 48.1 Å². The van der Waals surface area contributed by atoms with Crippen LogP contribution in [0.5, 0.6) is 0 Å². The highest BCUT2D eigenvalue weighted by atomic mass is 32.1. The quantitative estimate of drug-likeness (QED) is 0.0221. The average molecular weight is 1150 g/mol. The first kappa shape index (κ1) is 71.6. The summed E-state index contributed by atoms with van der Waals surface area (Å²) in [4.78, 5) is 134. The Morgan fingerprint density at radius 1 is 0.637 bits per heavy atom. The first-order valence-electron chi connectivity index (χ1n) is 28.8. The third kappa shape index (κ3) is 36.7. The van der Waals surface area contributed by atoms with E-state index < -0.39 is 102 Å². The molecule has 0 saturated carbocycles. The summed E-state index contributed by atoms with van der Waals surface area (Å²) in [6, 6.07) is -6.93. The van der Waals surface area contributed by atoms with E-state index in [1.54, 1.807) is 0 Å². The lowest BCUT2D eigenvalue weighted by Crippen LogP contribution is -2.59. The number of carbonyl (C=O) groups is 10. The minimum absolute atomic E-state index is 0.0206. The normalized spacial score (nSPS) is 20.0. The zero-order valence-electron chi connectivity index (χ0n) is 47.6. The van der Waals surface area contributed by atoms with Crippen LogP contribution in [0.15, 0.2) is 4.99 Å². The second kappa shape index (κ2) is 44.4. The number of aliphatic imine (C=N–C) groups is 1. The number of amides is 9. The van der Waals surface area contributed by atoms with Gasteiger partial charge in [-0.2, -0.15) is 0 Å². The number of aliphatic hydroxyl groups is 1. The zero-order chi connectivity index (χ0) is 59.5. The molecule has 17 N–H and O–H groups in total. The summed E-state index contributed by atoms with van der Waals surface area (Å²) in [5, 5.41) is 49.9. The molecule has 80 heavy (non-hydrogen) atoms. The van der Waals surface area contributed by atoms with Gasteiger partial charge in [0.2, 0.25) is 53.2 Å². The maximum atomic E-state index is 14.4. The summed E-state index contributed by atoms with van der Waals surface area (Å²) >= 11 is 5.51. The number of nitrogens with two attached hydrogens (primary N) is 2. The Hall–Kier alpha value is -6.38. The number of thiocarbonyl (C=S) groups is 1. The molecule has 27 heteroatoms. The Bertz CT molecular complexity index is 1960. The SMILES string of the molecule is CCCCCCCCCCCCCCNC(=S)NCCCC[C@@H]1NC(=O)[C@H](CCCN=C(N)N)NC(=O)[C@@H](NC(C)=O)CCCCNC(=O)CNC(=O)CCC(=O)NCC(=O)NCCCC[C@@H](C(=O)N[C@H](C(=O)O)[C@@H](C)O)NC1=O. The number of rotatable bonds is 27. The van der Waals surface area contributed by atoms with E-state index in [1.165, 1.54) is 78.1 Å². The topological polar surface area (TPSA) is 408 Å². The van der Waals surface area contributed by atoms with E-state index in [0.29, 0.717) is 43.9 Å². The van der Waals surface area contributed by atoms with E-state index in [9.17, 15) is 58.2 Å². The molecular formula is C53H96N14O12S. The number of aliphatic carboxylic acids is 1. The van der Waals surface area contributed by atoms with E-state index in [-0.39, 0.29) is 89.9 Å². The Kier molecular flexibility index (Phi) is 39.7. The zero-order valence-corrected chi connectivity index (χ0v) is 48.4. The van der Waals surface area contributed by atoms with Crippen molar-refractivity contribution in [2.45, 2.75) is 218 Å². The summed E-state index contributed by atoms with van der Waals surface area (Å²) in [7, 11) is 0. The summed E-state index contributed by atoms with van der Waals surface area (Å²) in [6.07, 6.45) is 14.8. The number of hydrogen-bond donors (Lipinski definition) is 15. The molecule has 0 unspecified atom stereocenters. The van der Waals surface area contributed by atoms with E-state index in [0.717, 1.165) is 12.8 Å². The van der Waals surface area contributed by atoms with Gasteiger partial charge in [0.05, 0.1) is 19.2 Å². The predicted octanol–water partition coefficient (Wildman–Crippen LogP) is -0.116. The molecule has 0 aromatic heterocycles. The fourth-order valence-corrected chi connectivity index (χ4v) is 8.68. The van der Waals surface area contributed by atoms with Crippen molar-refractivity contribution >= 4 is 82.4 Å². The molecular weight excluding hydrogens is 1060 g/mol. The molecule has 1 aliphatic heterocycles. The predicted molar refractivity (Wildman–Crippen MR) is 307 cm³/mol. The fraction of sp³-hybridized carbons (Fsp3) is 0.774. The molecule has 1 saturated heterocycles. The van der Waals surface area contributed by atoms with Crippen LogP contribution in [0.1, 0.15) is 181 Å². The molecule has 1 heterocycles. The van der Waals surface area contributed by atoms with Crippen molar-refractivity contribution in [2.75, 3.05) is 45.8 Å². The number of unbranched alkanes of at least 4 members (excludes halogenated alkanes) is 12. The van der Waals surface area contributed by atoms with Gasteiger partial charge in [0.1, 0.15) is 24.2 Å². The Labute approximate surface area is 477 Å². The lowest BCUT2D eigenvalue weighted by Gasteiger charge is -2.27. The smallest absolute Gasteiger partial charge is 0.328 e. The molecule has 0 radical (unpaired) electrons. The Balaban J connectivity index is 3.38.